The van der Waals surface area contributed by atoms with E-state index >= 15 is 0 Å². The molecule has 92 valence electrons. The normalized spacial score (nSPS) is 9.47. The van der Waals surface area contributed by atoms with Gasteiger partial charge in [-0.1, -0.05) is 47.5 Å². The van der Waals surface area contributed by atoms with Crippen LogP contribution in [0.25, 0.3) is 0 Å². The third-order valence-electron chi connectivity index (χ3n) is 2.89. The summed E-state index contributed by atoms with van der Waals surface area (Å²) in [6.45, 7) is 17.2. The second-order valence-corrected chi connectivity index (χ2v) is 4.77. The molecule has 0 aliphatic carbocycles. The Kier molecular flexibility index (Phi) is 10.7. The molecule has 1 aromatic carbocycles. The van der Waals surface area contributed by atoms with Crippen molar-refractivity contribution in [2.45, 2.75) is 61.3 Å². The smallest absolute Gasteiger partial charge is 0.335 e. The van der Waals surface area contributed by atoms with Crippen LogP contribution in [-0.2, 0) is 32.7 Å². The summed E-state index contributed by atoms with van der Waals surface area (Å²) in [6.07, 6.45) is 2.00. The molecule has 17 heavy (non-hydrogen) atoms. The standard InChI is InChI=1S/C13H19.C3H7.Y/c1-8(2)13-10(4)7-9(3)11(5)12(13)6;1-3-2;/h8H,1-6H3;3H,1-2H3;/q2*-1;+3. The molecule has 0 amide bonds. The third kappa shape index (κ3) is 5.66. The van der Waals surface area contributed by atoms with Gasteiger partial charge in [-0.25, -0.2) is 0 Å². The second kappa shape index (κ2) is 9.28. The number of benzene rings is 1. The van der Waals surface area contributed by atoms with E-state index in [1.54, 1.807) is 0 Å². The summed E-state index contributed by atoms with van der Waals surface area (Å²) in [6, 6.07) is 3.43. The van der Waals surface area contributed by atoms with Gasteiger partial charge >= 0.3 is 32.7 Å². The minimum atomic E-state index is 0. The number of hydrogen-bond acceptors (Lipinski definition) is 0. The topological polar surface area (TPSA) is 0 Å². The van der Waals surface area contributed by atoms with Gasteiger partial charge in [0.1, 0.15) is 0 Å². The molecule has 0 saturated carbocycles. The zero-order valence-corrected chi connectivity index (χ0v) is 15.6. The molecule has 0 atom stereocenters. The van der Waals surface area contributed by atoms with Crippen LogP contribution < -0.4 is 0 Å². The molecule has 0 fully saturated rings. The molecule has 1 rings (SSSR count). The van der Waals surface area contributed by atoms with Gasteiger partial charge in [0.25, 0.3) is 0 Å². The van der Waals surface area contributed by atoms with Gasteiger partial charge in [-0.3, -0.25) is 0 Å². The molecule has 0 aliphatic heterocycles. The van der Waals surface area contributed by atoms with Crippen molar-refractivity contribution < 1.29 is 32.7 Å². The molecule has 0 N–H and O–H groups in total. The van der Waals surface area contributed by atoms with Crippen molar-refractivity contribution >= 4 is 0 Å². The van der Waals surface area contributed by atoms with E-state index in [0.717, 1.165) is 0 Å². The van der Waals surface area contributed by atoms with Gasteiger partial charge in [0.15, 0.2) is 0 Å². The molecule has 1 aromatic rings. The number of aryl methyl sites for hydroxylation is 2. The minimum Gasteiger partial charge on any atom is -0.335 e. The maximum absolute atomic E-state index is 3.43. The van der Waals surface area contributed by atoms with E-state index in [1.165, 1.54) is 27.8 Å². The Morgan fingerprint density at radius 1 is 0.882 bits per heavy atom. The molecule has 0 bridgehead atoms. The van der Waals surface area contributed by atoms with Crippen LogP contribution in [-0.4, -0.2) is 0 Å². The Bertz CT molecular complexity index is 338. The van der Waals surface area contributed by atoms with Gasteiger partial charge < -0.3 is 6.42 Å². The Balaban J connectivity index is 0. The maximum atomic E-state index is 3.43. The minimum absolute atomic E-state index is 0. The van der Waals surface area contributed by atoms with E-state index in [1.807, 2.05) is 20.3 Å². The van der Waals surface area contributed by atoms with Crippen LogP contribution in [0.15, 0.2) is 0 Å². The monoisotopic (exact) mass is 307 g/mol. The number of rotatable bonds is 1. The van der Waals surface area contributed by atoms with Crippen LogP contribution in [0.3, 0.4) is 0 Å². The van der Waals surface area contributed by atoms with E-state index in [-0.39, 0.29) is 32.7 Å². The van der Waals surface area contributed by atoms with Crippen LogP contribution in [0.2, 0.25) is 0 Å². The van der Waals surface area contributed by atoms with Gasteiger partial charge in [-0.15, -0.1) is 5.56 Å². The Morgan fingerprint density at radius 3 is 1.65 bits per heavy atom. The molecule has 0 aromatic heterocycles. The van der Waals surface area contributed by atoms with Crippen LogP contribution >= 0.6 is 0 Å². The van der Waals surface area contributed by atoms with E-state index in [2.05, 4.69) is 47.6 Å². The van der Waals surface area contributed by atoms with Crippen LogP contribution in [0.5, 0.6) is 0 Å². The zero-order chi connectivity index (χ0) is 12.9. The van der Waals surface area contributed by atoms with Crippen molar-refractivity contribution in [2.75, 3.05) is 0 Å². The average molecular weight is 307 g/mol. The number of hydrogen-bond donors (Lipinski definition) is 0. The van der Waals surface area contributed by atoms with Crippen molar-refractivity contribution in [3.63, 3.8) is 0 Å². The first kappa shape index (κ1) is 19.7. The summed E-state index contributed by atoms with van der Waals surface area (Å²) < 4.78 is 0. The SMILES string of the molecule is C[CH-]C.Cc1[c-]c(C)c(C(C)C)c(C)c1C.[Y+3]. The molecule has 0 heterocycles. The first-order chi connectivity index (χ1) is 7.36. The maximum Gasteiger partial charge on any atom is 3.00 e. The van der Waals surface area contributed by atoms with Crippen LogP contribution in [0.4, 0.5) is 0 Å². The average Bonchev–Trinajstić information content (AvgIpc) is 2.15. The van der Waals surface area contributed by atoms with Gasteiger partial charge in [0.2, 0.25) is 0 Å². The Labute approximate surface area is 133 Å². The Morgan fingerprint density at radius 2 is 1.29 bits per heavy atom. The summed E-state index contributed by atoms with van der Waals surface area (Å²) in [5, 5.41) is 0. The van der Waals surface area contributed by atoms with E-state index in [4.69, 9.17) is 0 Å². The van der Waals surface area contributed by atoms with Crippen molar-refractivity contribution in [3.8, 4) is 0 Å². The molecule has 0 nitrogen and oxygen atoms in total. The van der Waals surface area contributed by atoms with Gasteiger partial charge in [-0.05, 0) is 0 Å². The first-order valence-electron chi connectivity index (χ1n) is 6.10. The van der Waals surface area contributed by atoms with Crippen molar-refractivity contribution in [1.82, 2.24) is 0 Å². The molecule has 0 unspecified atom stereocenters. The van der Waals surface area contributed by atoms with Gasteiger partial charge in [0.05, 0.1) is 0 Å². The Hall–Kier alpha value is 0.324. The zero-order valence-electron chi connectivity index (χ0n) is 12.7. The van der Waals surface area contributed by atoms with E-state index in [9.17, 15) is 0 Å². The van der Waals surface area contributed by atoms with Crippen molar-refractivity contribution in [3.05, 3.63) is 40.3 Å². The quantitative estimate of drug-likeness (QED) is 0.635. The second-order valence-electron chi connectivity index (χ2n) is 4.77. The molecule has 0 saturated heterocycles. The molecule has 0 aliphatic rings. The summed E-state index contributed by atoms with van der Waals surface area (Å²) in [7, 11) is 0. The third-order valence-corrected chi connectivity index (χ3v) is 2.89. The largest absolute Gasteiger partial charge is 3.00 e. The summed E-state index contributed by atoms with van der Waals surface area (Å²) in [5.41, 5.74) is 6.93. The van der Waals surface area contributed by atoms with Crippen molar-refractivity contribution in [1.29, 1.82) is 0 Å². The molecular formula is C16H26Y+. The summed E-state index contributed by atoms with van der Waals surface area (Å²) in [5.74, 6) is 0.607. The molecule has 0 spiro atoms. The van der Waals surface area contributed by atoms with Crippen LogP contribution in [0.1, 0.15) is 61.4 Å². The van der Waals surface area contributed by atoms with E-state index in [0.29, 0.717) is 5.92 Å². The summed E-state index contributed by atoms with van der Waals surface area (Å²) in [4.78, 5) is 0. The van der Waals surface area contributed by atoms with E-state index < -0.39 is 0 Å². The predicted octanol–water partition coefficient (Wildman–Crippen LogP) is 5.07. The summed E-state index contributed by atoms with van der Waals surface area (Å²) >= 11 is 0. The fourth-order valence-corrected chi connectivity index (χ4v) is 2.07. The fourth-order valence-electron chi connectivity index (χ4n) is 2.07. The fraction of sp³-hybridized carbons (Fsp3) is 0.562. The first-order valence-corrected chi connectivity index (χ1v) is 6.10. The van der Waals surface area contributed by atoms with Crippen molar-refractivity contribution in [2.24, 2.45) is 0 Å². The van der Waals surface area contributed by atoms with Gasteiger partial charge in [0, 0.05) is 0 Å². The molecular weight excluding hydrogens is 281 g/mol. The van der Waals surface area contributed by atoms with Crippen LogP contribution in [0, 0.1) is 40.2 Å². The van der Waals surface area contributed by atoms with Gasteiger partial charge in [-0.2, -0.15) is 42.2 Å². The molecule has 1 heteroatoms. The predicted molar refractivity (Wildman–Crippen MR) is 74.0 cm³/mol. The molecule has 0 radical (unpaired) electrons.